The lowest BCUT2D eigenvalue weighted by Crippen LogP contribution is -2.45. The zero-order chi connectivity index (χ0) is 14.1. The normalized spacial score (nSPS) is 12.0. The van der Waals surface area contributed by atoms with E-state index in [9.17, 15) is 9.59 Å². The minimum absolute atomic E-state index is 0.00757. The Morgan fingerprint density at radius 2 is 1.78 bits per heavy atom. The molecule has 0 aliphatic carbocycles. The first-order chi connectivity index (χ1) is 8.32. The van der Waals surface area contributed by atoms with E-state index in [1.165, 1.54) is 0 Å². The summed E-state index contributed by atoms with van der Waals surface area (Å²) in [6, 6.07) is -0.00757. The van der Waals surface area contributed by atoms with Crippen LogP contribution in [0.4, 0.5) is 0 Å². The highest BCUT2D eigenvalue weighted by Gasteiger charge is 2.15. The van der Waals surface area contributed by atoms with Gasteiger partial charge >= 0.3 is 11.8 Å². The van der Waals surface area contributed by atoms with Crippen molar-refractivity contribution in [2.45, 2.75) is 46.1 Å². The highest BCUT2D eigenvalue weighted by Crippen LogP contribution is 2.07. The average molecular weight is 273 g/mol. The summed E-state index contributed by atoms with van der Waals surface area (Å²) >= 11 is 4.60. The number of rotatable bonds is 7. The number of thiocarbonyl (C=S) groups is 1. The number of amides is 2. The summed E-state index contributed by atoms with van der Waals surface area (Å²) in [5, 5.41) is 4.99. The lowest BCUT2D eigenvalue weighted by molar-refractivity contribution is -0.139. The Morgan fingerprint density at radius 1 is 1.17 bits per heavy atom. The molecule has 5 nitrogen and oxygen atoms in total. The third-order valence-corrected chi connectivity index (χ3v) is 2.57. The van der Waals surface area contributed by atoms with Crippen LogP contribution in [0.25, 0.3) is 0 Å². The molecule has 0 aromatic heterocycles. The van der Waals surface area contributed by atoms with E-state index in [1.807, 2.05) is 6.92 Å². The van der Waals surface area contributed by atoms with Crippen LogP contribution in [0.3, 0.4) is 0 Å². The second-order valence-corrected chi connectivity index (χ2v) is 5.37. The van der Waals surface area contributed by atoms with Crippen LogP contribution < -0.4 is 16.4 Å². The molecular formula is C12H23N3O2S. The molecule has 0 heterocycles. The van der Waals surface area contributed by atoms with Gasteiger partial charge in [-0.25, -0.2) is 0 Å². The van der Waals surface area contributed by atoms with E-state index in [0.29, 0.717) is 5.92 Å². The van der Waals surface area contributed by atoms with Crippen molar-refractivity contribution in [2.24, 2.45) is 11.7 Å². The minimum Gasteiger partial charge on any atom is -0.392 e. The van der Waals surface area contributed by atoms with Gasteiger partial charge in [-0.05, 0) is 19.3 Å². The van der Waals surface area contributed by atoms with Crippen molar-refractivity contribution < 1.29 is 9.59 Å². The topological polar surface area (TPSA) is 84.2 Å². The van der Waals surface area contributed by atoms with E-state index >= 15 is 0 Å². The Labute approximate surface area is 114 Å². The van der Waals surface area contributed by atoms with E-state index in [2.05, 4.69) is 36.7 Å². The first-order valence-corrected chi connectivity index (χ1v) is 6.60. The molecule has 0 aromatic carbocycles. The van der Waals surface area contributed by atoms with Crippen LogP contribution in [0, 0.1) is 5.92 Å². The summed E-state index contributed by atoms with van der Waals surface area (Å²) in [4.78, 5) is 22.9. The maximum atomic E-state index is 11.5. The SMILES string of the molecule is CC(C)CCCC(C)NC(=O)C(=O)NCC(N)=S. The van der Waals surface area contributed by atoms with Crippen LogP contribution in [-0.2, 0) is 9.59 Å². The third kappa shape index (κ3) is 8.92. The standard InChI is InChI=1S/C12H23N3O2S/c1-8(2)5-4-6-9(3)15-12(17)11(16)14-7-10(13)18/h8-9H,4-7H2,1-3H3,(H2,13,18)(H,14,16)(H,15,17). The van der Waals surface area contributed by atoms with Gasteiger partial charge < -0.3 is 16.4 Å². The molecule has 6 heteroatoms. The highest BCUT2D eigenvalue weighted by atomic mass is 32.1. The fourth-order valence-corrected chi connectivity index (χ4v) is 1.51. The maximum absolute atomic E-state index is 11.5. The molecule has 0 aromatic rings. The summed E-state index contributed by atoms with van der Waals surface area (Å²) in [6.07, 6.45) is 3.02. The molecule has 0 aliphatic rings. The van der Waals surface area contributed by atoms with Gasteiger partial charge in [0.05, 0.1) is 11.5 Å². The van der Waals surface area contributed by atoms with Crippen molar-refractivity contribution in [3.63, 3.8) is 0 Å². The van der Waals surface area contributed by atoms with Gasteiger partial charge in [0.1, 0.15) is 0 Å². The van der Waals surface area contributed by atoms with Crippen molar-refractivity contribution in [3.05, 3.63) is 0 Å². The molecule has 1 unspecified atom stereocenters. The molecular weight excluding hydrogens is 250 g/mol. The second-order valence-electron chi connectivity index (χ2n) is 4.85. The fourth-order valence-electron chi connectivity index (χ4n) is 1.44. The lowest BCUT2D eigenvalue weighted by atomic mass is 10.0. The van der Waals surface area contributed by atoms with Gasteiger partial charge in [0.15, 0.2) is 0 Å². The van der Waals surface area contributed by atoms with E-state index in [1.54, 1.807) is 0 Å². The van der Waals surface area contributed by atoms with Gasteiger partial charge in [-0.2, -0.15) is 0 Å². The van der Waals surface area contributed by atoms with Crippen LogP contribution in [0.5, 0.6) is 0 Å². The summed E-state index contributed by atoms with van der Waals surface area (Å²) < 4.78 is 0. The van der Waals surface area contributed by atoms with Crippen LogP contribution in [0.1, 0.15) is 40.0 Å². The van der Waals surface area contributed by atoms with E-state index in [0.717, 1.165) is 19.3 Å². The summed E-state index contributed by atoms with van der Waals surface area (Å²) in [7, 11) is 0. The van der Waals surface area contributed by atoms with Gasteiger partial charge in [-0.15, -0.1) is 0 Å². The zero-order valence-corrected chi connectivity index (χ0v) is 12.1. The average Bonchev–Trinajstić information content (AvgIpc) is 2.24. The van der Waals surface area contributed by atoms with Gasteiger partial charge in [0.25, 0.3) is 0 Å². The zero-order valence-electron chi connectivity index (χ0n) is 11.3. The van der Waals surface area contributed by atoms with Crippen molar-refractivity contribution in [1.29, 1.82) is 0 Å². The van der Waals surface area contributed by atoms with E-state index < -0.39 is 11.8 Å². The van der Waals surface area contributed by atoms with Crippen molar-refractivity contribution in [1.82, 2.24) is 10.6 Å². The van der Waals surface area contributed by atoms with Crippen molar-refractivity contribution in [2.75, 3.05) is 6.54 Å². The van der Waals surface area contributed by atoms with Gasteiger partial charge in [0, 0.05) is 6.04 Å². The lowest BCUT2D eigenvalue weighted by Gasteiger charge is -2.14. The number of nitrogens with one attached hydrogen (secondary N) is 2. The number of nitrogens with two attached hydrogens (primary N) is 1. The Hall–Kier alpha value is -1.17. The second kappa shape index (κ2) is 8.85. The van der Waals surface area contributed by atoms with Crippen molar-refractivity contribution >= 4 is 29.0 Å². The Bertz CT molecular complexity index is 306. The number of carbonyl (C=O) groups is 2. The van der Waals surface area contributed by atoms with E-state index in [-0.39, 0.29) is 17.6 Å². The van der Waals surface area contributed by atoms with Gasteiger partial charge in [-0.3, -0.25) is 9.59 Å². The van der Waals surface area contributed by atoms with Gasteiger partial charge in [0.2, 0.25) is 0 Å². The summed E-state index contributed by atoms with van der Waals surface area (Å²) in [5.74, 6) is -0.677. The molecule has 104 valence electrons. The van der Waals surface area contributed by atoms with Crippen molar-refractivity contribution in [3.8, 4) is 0 Å². The molecule has 0 aliphatic heterocycles. The predicted molar refractivity (Wildman–Crippen MR) is 76.1 cm³/mol. The van der Waals surface area contributed by atoms with Crippen LogP contribution in [0.15, 0.2) is 0 Å². The molecule has 1 atom stereocenters. The van der Waals surface area contributed by atoms with Gasteiger partial charge in [-0.1, -0.05) is 38.9 Å². The van der Waals surface area contributed by atoms with Crippen LogP contribution in [0.2, 0.25) is 0 Å². The predicted octanol–water partition coefficient (Wildman–Crippen LogP) is 0.720. The largest absolute Gasteiger partial charge is 0.392 e. The number of hydrogen-bond acceptors (Lipinski definition) is 3. The number of carbonyl (C=O) groups excluding carboxylic acids is 2. The highest BCUT2D eigenvalue weighted by molar-refractivity contribution is 7.80. The van der Waals surface area contributed by atoms with Crippen LogP contribution in [-0.4, -0.2) is 29.4 Å². The molecule has 4 N–H and O–H groups in total. The molecule has 18 heavy (non-hydrogen) atoms. The molecule has 0 saturated carbocycles. The number of hydrogen-bond donors (Lipinski definition) is 3. The molecule has 0 spiro atoms. The molecule has 0 rings (SSSR count). The summed E-state index contributed by atoms with van der Waals surface area (Å²) in [5.41, 5.74) is 5.22. The van der Waals surface area contributed by atoms with Crippen LogP contribution >= 0.6 is 12.2 Å². The molecule has 0 radical (unpaired) electrons. The third-order valence-electron chi connectivity index (χ3n) is 2.43. The Kier molecular flexibility index (Phi) is 8.28. The van der Waals surface area contributed by atoms with E-state index in [4.69, 9.17) is 5.73 Å². The maximum Gasteiger partial charge on any atom is 0.309 e. The Morgan fingerprint density at radius 3 is 2.28 bits per heavy atom. The first-order valence-electron chi connectivity index (χ1n) is 6.20. The monoisotopic (exact) mass is 273 g/mol. The molecule has 0 bridgehead atoms. The molecule has 0 saturated heterocycles. The summed E-state index contributed by atoms with van der Waals surface area (Å²) in [6.45, 7) is 6.25. The molecule has 2 amide bonds. The first kappa shape index (κ1) is 16.8. The Balaban J connectivity index is 3.85. The molecule has 0 fully saturated rings. The quantitative estimate of drug-likeness (QED) is 0.471. The fraction of sp³-hybridized carbons (Fsp3) is 0.750. The smallest absolute Gasteiger partial charge is 0.309 e. The minimum atomic E-state index is -0.696.